The van der Waals surface area contributed by atoms with Crippen molar-refractivity contribution in [2.45, 2.75) is 19.3 Å². The lowest BCUT2D eigenvalue weighted by molar-refractivity contribution is -0.0157. The highest BCUT2D eigenvalue weighted by molar-refractivity contribution is 6.31. The number of hydrogen-bond acceptors (Lipinski definition) is 2. The zero-order chi connectivity index (χ0) is 12.3. The molecule has 17 heavy (non-hydrogen) atoms. The second kappa shape index (κ2) is 5.34. The quantitative estimate of drug-likeness (QED) is 0.903. The molecule has 0 bridgehead atoms. The van der Waals surface area contributed by atoms with Gasteiger partial charge in [0.15, 0.2) is 0 Å². The summed E-state index contributed by atoms with van der Waals surface area (Å²) >= 11 is 6.05. The van der Waals surface area contributed by atoms with Gasteiger partial charge in [-0.1, -0.05) is 11.6 Å². The van der Waals surface area contributed by atoms with Gasteiger partial charge in [0.1, 0.15) is 5.82 Å². The van der Waals surface area contributed by atoms with Crippen LogP contribution in [-0.4, -0.2) is 24.9 Å². The number of aliphatic hydroxyl groups excluding tert-OH is 1. The predicted molar refractivity (Wildman–Crippen MR) is 64.7 cm³/mol. The van der Waals surface area contributed by atoms with Gasteiger partial charge >= 0.3 is 0 Å². The fourth-order valence-electron chi connectivity index (χ4n) is 2.28. The molecule has 1 fully saturated rings. The summed E-state index contributed by atoms with van der Waals surface area (Å²) in [5.41, 5.74) is 0.554. The Bertz CT molecular complexity index is 389. The summed E-state index contributed by atoms with van der Waals surface area (Å²) in [6.07, 6.45) is 2.18. The summed E-state index contributed by atoms with van der Waals surface area (Å²) in [7, 11) is 0. The lowest BCUT2D eigenvalue weighted by Gasteiger charge is -2.35. The molecule has 0 aromatic heterocycles. The Hall–Kier alpha value is -0.640. The molecule has 0 spiro atoms. The molecule has 1 aliphatic rings. The van der Waals surface area contributed by atoms with Crippen molar-refractivity contribution in [3.63, 3.8) is 0 Å². The average Bonchev–Trinajstić information content (AvgIpc) is 2.35. The van der Waals surface area contributed by atoms with E-state index in [1.165, 1.54) is 12.1 Å². The van der Waals surface area contributed by atoms with Crippen molar-refractivity contribution in [1.29, 1.82) is 0 Å². The van der Waals surface area contributed by atoms with E-state index in [0.717, 1.165) is 18.4 Å². The molecule has 0 unspecified atom stereocenters. The topological polar surface area (TPSA) is 29.5 Å². The number of aliphatic hydroxyl groups is 1. The van der Waals surface area contributed by atoms with E-state index in [-0.39, 0.29) is 17.8 Å². The van der Waals surface area contributed by atoms with E-state index in [0.29, 0.717) is 24.7 Å². The van der Waals surface area contributed by atoms with Crippen molar-refractivity contribution in [3.05, 3.63) is 34.6 Å². The van der Waals surface area contributed by atoms with Crippen LogP contribution in [0.1, 0.15) is 18.4 Å². The third-order valence-corrected chi connectivity index (χ3v) is 3.83. The van der Waals surface area contributed by atoms with Crippen LogP contribution < -0.4 is 0 Å². The van der Waals surface area contributed by atoms with Crippen molar-refractivity contribution in [2.75, 3.05) is 19.8 Å². The average molecular weight is 259 g/mol. The van der Waals surface area contributed by atoms with Crippen molar-refractivity contribution in [2.24, 2.45) is 5.41 Å². The molecule has 1 heterocycles. The van der Waals surface area contributed by atoms with E-state index in [1.54, 1.807) is 6.07 Å². The fourth-order valence-corrected chi connectivity index (χ4v) is 2.46. The van der Waals surface area contributed by atoms with Gasteiger partial charge in [0.25, 0.3) is 0 Å². The molecule has 2 nitrogen and oxygen atoms in total. The molecular formula is C13H16ClFO2. The van der Waals surface area contributed by atoms with Crippen LogP contribution in [0.5, 0.6) is 0 Å². The third kappa shape index (κ3) is 2.97. The molecule has 0 radical (unpaired) electrons. The lowest BCUT2D eigenvalue weighted by Crippen LogP contribution is -2.35. The largest absolute Gasteiger partial charge is 0.396 e. The maximum absolute atomic E-state index is 13.2. The minimum absolute atomic E-state index is 0.0865. The van der Waals surface area contributed by atoms with Gasteiger partial charge in [0.2, 0.25) is 0 Å². The number of rotatable bonds is 3. The smallest absolute Gasteiger partial charge is 0.123 e. The fraction of sp³-hybridized carbons (Fsp3) is 0.538. The van der Waals surface area contributed by atoms with Gasteiger partial charge in [0, 0.05) is 30.3 Å². The van der Waals surface area contributed by atoms with Crippen molar-refractivity contribution >= 4 is 11.6 Å². The van der Waals surface area contributed by atoms with Crippen LogP contribution >= 0.6 is 11.6 Å². The van der Waals surface area contributed by atoms with Crippen LogP contribution in [0.2, 0.25) is 5.02 Å². The Morgan fingerprint density at radius 2 is 2.06 bits per heavy atom. The van der Waals surface area contributed by atoms with Gasteiger partial charge in [-0.05, 0) is 43.0 Å². The highest BCUT2D eigenvalue weighted by atomic mass is 35.5. The van der Waals surface area contributed by atoms with E-state index < -0.39 is 0 Å². The van der Waals surface area contributed by atoms with Crippen molar-refractivity contribution < 1.29 is 14.2 Å². The molecular weight excluding hydrogens is 243 g/mol. The molecule has 94 valence electrons. The van der Waals surface area contributed by atoms with E-state index >= 15 is 0 Å². The van der Waals surface area contributed by atoms with Crippen molar-refractivity contribution in [1.82, 2.24) is 0 Å². The van der Waals surface area contributed by atoms with E-state index in [9.17, 15) is 9.50 Å². The van der Waals surface area contributed by atoms with Gasteiger partial charge in [-0.15, -0.1) is 0 Å². The third-order valence-electron chi connectivity index (χ3n) is 3.46. The van der Waals surface area contributed by atoms with Crippen LogP contribution in [0.15, 0.2) is 18.2 Å². The molecule has 0 saturated carbocycles. The SMILES string of the molecule is OCC1(Cc2cc(F)ccc2Cl)CCOCC1. The second-order valence-corrected chi connectivity index (χ2v) is 5.09. The number of halogens is 2. The minimum atomic E-state index is -0.287. The maximum Gasteiger partial charge on any atom is 0.123 e. The Morgan fingerprint density at radius 1 is 1.35 bits per heavy atom. The Balaban J connectivity index is 2.20. The summed E-state index contributed by atoms with van der Waals surface area (Å²) in [5.74, 6) is -0.287. The summed E-state index contributed by atoms with van der Waals surface area (Å²) < 4.78 is 18.5. The molecule has 4 heteroatoms. The van der Waals surface area contributed by atoms with Crippen LogP contribution in [0, 0.1) is 11.2 Å². The first-order chi connectivity index (χ1) is 8.15. The number of hydrogen-bond donors (Lipinski definition) is 1. The summed E-state index contributed by atoms with van der Waals surface area (Å²) in [4.78, 5) is 0. The monoisotopic (exact) mass is 258 g/mol. The van der Waals surface area contributed by atoms with Crippen LogP contribution in [0.25, 0.3) is 0 Å². The van der Waals surface area contributed by atoms with Gasteiger partial charge in [-0.2, -0.15) is 0 Å². The molecule has 1 N–H and O–H groups in total. The van der Waals surface area contributed by atoms with Crippen LogP contribution in [0.4, 0.5) is 4.39 Å². The standard InChI is InChI=1S/C13H16ClFO2/c14-12-2-1-11(15)7-10(12)8-13(9-16)3-5-17-6-4-13/h1-2,7,16H,3-6,8-9H2. The van der Waals surface area contributed by atoms with Gasteiger partial charge in [-0.3, -0.25) is 0 Å². The summed E-state index contributed by atoms with van der Waals surface area (Å²) in [6.45, 7) is 1.38. The molecule has 1 aliphatic heterocycles. The zero-order valence-electron chi connectivity index (χ0n) is 9.59. The molecule has 1 aromatic carbocycles. The minimum Gasteiger partial charge on any atom is -0.396 e. The predicted octanol–water partition coefficient (Wildman–Crippen LogP) is 2.81. The molecule has 1 aromatic rings. The van der Waals surface area contributed by atoms with E-state index in [1.807, 2.05) is 0 Å². The first kappa shape index (κ1) is 12.8. The molecule has 2 rings (SSSR count). The Labute approximate surface area is 105 Å². The highest BCUT2D eigenvalue weighted by Gasteiger charge is 2.32. The normalized spacial score (nSPS) is 19.2. The van der Waals surface area contributed by atoms with Crippen molar-refractivity contribution in [3.8, 4) is 0 Å². The first-order valence-corrected chi connectivity index (χ1v) is 6.16. The molecule has 0 aliphatic carbocycles. The van der Waals surface area contributed by atoms with E-state index in [4.69, 9.17) is 16.3 Å². The van der Waals surface area contributed by atoms with Crippen LogP contribution in [-0.2, 0) is 11.2 Å². The Kier molecular flexibility index (Phi) is 4.02. The summed E-state index contributed by atoms with van der Waals surface area (Å²) in [6, 6.07) is 4.37. The number of benzene rings is 1. The summed E-state index contributed by atoms with van der Waals surface area (Å²) in [5, 5.41) is 10.1. The van der Waals surface area contributed by atoms with Crippen LogP contribution in [0.3, 0.4) is 0 Å². The Morgan fingerprint density at radius 3 is 2.71 bits per heavy atom. The number of ether oxygens (including phenoxy) is 1. The van der Waals surface area contributed by atoms with Gasteiger partial charge < -0.3 is 9.84 Å². The van der Waals surface area contributed by atoms with Gasteiger partial charge in [-0.25, -0.2) is 4.39 Å². The molecule has 0 atom stereocenters. The van der Waals surface area contributed by atoms with Gasteiger partial charge in [0.05, 0.1) is 0 Å². The second-order valence-electron chi connectivity index (χ2n) is 4.68. The molecule has 1 saturated heterocycles. The lowest BCUT2D eigenvalue weighted by atomic mass is 9.76. The van der Waals surface area contributed by atoms with E-state index in [2.05, 4.69) is 0 Å². The first-order valence-electron chi connectivity index (χ1n) is 5.78. The highest BCUT2D eigenvalue weighted by Crippen LogP contribution is 2.35. The maximum atomic E-state index is 13.2. The molecule has 0 amide bonds. The zero-order valence-corrected chi connectivity index (χ0v) is 10.3.